The molecule has 0 aromatic rings. The normalized spacial score (nSPS) is 14.0. The second-order valence-electron chi connectivity index (χ2n) is 4.33. The van der Waals surface area contributed by atoms with Crippen LogP contribution in [0.1, 0.15) is 0 Å². The summed E-state index contributed by atoms with van der Waals surface area (Å²) >= 11 is 1.03. The van der Waals surface area contributed by atoms with E-state index in [2.05, 4.69) is 39.3 Å². The summed E-state index contributed by atoms with van der Waals surface area (Å²) in [6.45, 7) is 13.6. The zero-order valence-electron chi connectivity index (χ0n) is 7.41. The molecule has 0 saturated heterocycles. The van der Waals surface area contributed by atoms with Crippen molar-refractivity contribution in [3.8, 4) is 0 Å². The van der Waals surface area contributed by atoms with Crippen molar-refractivity contribution < 1.29 is 0 Å². The molecule has 0 amide bonds. The fraction of sp³-hybridized carbons (Fsp3) is 1.00. The monoisotopic (exact) mass is 226 g/mol. The molecule has 0 aliphatic heterocycles. The molecule has 0 saturated carbocycles. The van der Waals surface area contributed by atoms with Crippen LogP contribution in [0.4, 0.5) is 0 Å². The number of hydrogen-bond donors (Lipinski definition) is 0. The molecule has 9 heavy (non-hydrogen) atoms. The van der Waals surface area contributed by atoms with Gasteiger partial charge in [0.15, 0.2) is 0 Å². The molecule has 0 atom stereocenters. The molecule has 0 fully saturated rings. The van der Waals surface area contributed by atoms with Crippen LogP contribution >= 0.6 is 0 Å². The number of hydrogen-bond acceptors (Lipinski definition) is 0. The molecule has 0 nitrogen and oxygen atoms in total. The molecule has 0 unspecified atom stereocenters. The molecule has 0 bridgehead atoms. The van der Waals surface area contributed by atoms with E-state index in [-0.39, 0.29) is 0 Å². The molecule has 0 aliphatic carbocycles. The van der Waals surface area contributed by atoms with Crippen molar-refractivity contribution in [3.63, 3.8) is 0 Å². The molecular formula is C6H18SeSi2. The molecule has 0 aromatic carbocycles. The van der Waals surface area contributed by atoms with Crippen LogP contribution in [0.3, 0.4) is 0 Å². The fourth-order valence-electron chi connectivity index (χ4n) is 0.919. The summed E-state index contributed by atoms with van der Waals surface area (Å²) in [6.07, 6.45) is 0. The van der Waals surface area contributed by atoms with E-state index in [0.717, 1.165) is 13.7 Å². The molecule has 0 heterocycles. The molecule has 0 rings (SSSR count). The predicted molar refractivity (Wildman–Crippen MR) is 52.4 cm³/mol. The standard InChI is InChI=1S/C6H18SeSi2/c1-8(2,3)7-9(4,5)6/h1-6H3. The van der Waals surface area contributed by atoms with Crippen LogP contribution < -0.4 is 0 Å². The van der Waals surface area contributed by atoms with E-state index in [0.29, 0.717) is 0 Å². The second-order valence-corrected chi connectivity index (χ2v) is 32.9. The first-order valence-electron chi connectivity index (χ1n) is 3.41. The zero-order valence-corrected chi connectivity index (χ0v) is 11.1. The van der Waals surface area contributed by atoms with Gasteiger partial charge in [-0.1, -0.05) is 0 Å². The van der Waals surface area contributed by atoms with Gasteiger partial charge in [-0.15, -0.1) is 0 Å². The topological polar surface area (TPSA) is 0 Å². The zero-order chi connectivity index (χ0) is 7.71. The van der Waals surface area contributed by atoms with Crippen LogP contribution in [0, 0.1) is 0 Å². The third-order valence-corrected chi connectivity index (χ3v) is 28.6. The molecule has 56 valence electrons. The SMILES string of the molecule is C[Si](C)(C)[Se][Si](C)(C)C. The summed E-state index contributed by atoms with van der Waals surface area (Å²) < 4.78 is 0. The van der Waals surface area contributed by atoms with E-state index < -0.39 is 13.4 Å². The molecular weight excluding hydrogens is 207 g/mol. The van der Waals surface area contributed by atoms with Crippen molar-refractivity contribution in [2.75, 3.05) is 0 Å². The van der Waals surface area contributed by atoms with Gasteiger partial charge in [0.25, 0.3) is 0 Å². The predicted octanol–water partition coefficient (Wildman–Crippen LogP) is 2.36. The Kier molecular flexibility index (Phi) is 3.22. The van der Waals surface area contributed by atoms with Gasteiger partial charge < -0.3 is 0 Å². The van der Waals surface area contributed by atoms with E-state index in [9.17, 15) is 0 Å². The first kappa shape index (κ1) is 9.95. The maximum atomic E-state index is 2.49. The van der Waals surface area contributed by atoms with E-state index in [4.69, 9.17) is 0 Å². The summed E-state index contributed by atoms with van der Waals surface area (Å²) in [7, 11) is 0. The second kappa shape index (κ2) is 2.91. The third kappa shape index (κ3) is 8.95. The average Bonchev–Trinajstić information content (AvgIpc) is 1.14. The molecule has 0 radical (unpaired) electrons. The Balaban J connectivity index is 3.75. The molecule has 0 N–H and O–H groups in total. The van der Waals surface area contributed by atoms with Crippen molar-refractivity contribution in [3.05, 3.63) is 0 Å². The summed E-state index contributed by atoms with van der Waals surface area (Å²) in [5, 5.41) is 0. The summed E-state index contributed by atoms with van der Waals surface area (Å²) in [5.41, 5.74) is 0. The Morgan fingerprint density at radius 3 is 0.889 bits per heavy atom. The summed E-state index contributed by atoms with van der Waals surface area (Å²) in [4.78, 5) is 0. The first-order valence-corrected chi connectivity index (χ1v) is 15.4. The first-order chi connectivity index (χ1) is 3.71. The average molecular weight is 225 g/mol. The molecule has 0 aromatic heterocycles. The Morgan fingerprint density at radius 2 is 0.889 bits per heavy atom. The van der Waals surface area contributed by atoms with Crippen LogP contribution in [0.15, 0.2) is 0 Å². The quantitative estimate of drug-likeness (QED) is 0.633. The van der Waals surface area contributed by atoms with Crippen LogP contribution in [0.2, 0.25) is 39.3 Å². The minimum atomic E-state index is -0.668. The van der Waals surface area contributed by atoms with Crippen LogP contribution in [-0.4, -0.2) is 27.0 Å². The van der Waals surface area contributed by atoms with Crippen LogP contribution in [0.25, 0.3) is 0 Å². The minimum absolute atomic E-state index is 0.668. The van der Waals surface area contributed by atoms with E-state index in [1.807, 2.05) is 0 Å². The fourth-order valence-corrected chi connectivity index (χ4v) is 43.0. The van der Waals surface area contributed by atoms with E-state index >= 15 is 0 Å². The third-order valence-electron chi connectivity index (χ3n) is 0.612. The summed E-state index contributed by atoms with van der Waals surface area (Å²) in [5.74, 6) is 0. The van der Waals surface area contributed by atoms with Crippen molar-refractivity contribution in [2.24, 2.45) is 0 Å². The van der Waals surface area contributed by atoms with Gasteiger partial charge in [0.2, 0.25) is 0 Å². The van der Waals surface area contributed by atoms with Crippen molar-refractivity contribution in [1.82, 2.24) is 0 Å². The molecule has 0 aliphatic rings. The van der Waals surface area contributed by atoms with E-state index in [1.165, 1.54) is 0 Å². The van der Waals surface area contributed by atoms with Crippen LogP contribution in [0.5, 0.6) is 0 Å². The number of rotatable bonds is 2. The Labute approximate surface area is 66.5 Å². The van der Waals surface area contributed by atoms with Gasteiger partial charge in [0.1, 0.15) is 0 Å². The van der Waals surface area contributed by atoms with Gasteiger partial charge in [-0.3, -0.25) is 0 Å². The van der Waals surface area contributed by atoms with Gasteiger partial charge in [-0.05, 0) is 0 Å². The van der Waals surface area contributed by atoms with Crippen LogP contribution in [-0.2, 0) is 0 Å². The molecule has 3 heteroatoms. The van der Waals surface area contributed by atoms with Gasteiger partial charge >= 0.3 is 66.3 Å². The molecule has 0 spiro atoms. The Bertz CT molecular complexity index is 76.2. The van der Waals surface area contributed by atoms with Crippen molar-refractivity contribution >= 4 is 27.0 Å². The Hall–Kier alpha value is 0.953. The summed E-state index contributed by atoms with van der Waals surface area (Å²) in [6, 6.07) is 0. The van der Waals surface area contributed by atoms with Gasteiger partial charge in [0.05, 0.1) is 0 Å². The van der Waals surface area contributed by atoms with Crippen molar-refractivity contribution in [1.29, 1.82) is 0 Å². The van der Waals surface area contributed by atoms with Gasteiger partial charge in [-0.25, -0.2) is 0 Å². The van der Waals surface area contributed by atoms with Gasteiger partial charge in [-0.2, -0.15) is 0 Å². The van der Waals surface area contributed by atoms with Gasteiger partial charge in [0, 0.05) is 0 Å². The maximum absolute atomic E-state index is 2.49. The Morgan fingerprint density at radius 1 is 0.667 bits per heavy atom. The van der Waals surface area contributed by atoms with E-state index in [1.54, 1.807) is 0 Å². The van der Waals surface area contributed by atoms with Crippen molar-refractivity contribution in [2.45, 2.75) is 39.3 Å².